The van der Waals surface area contributed by atoms with Crippen LogP contribution in [-0.2, 0) is 16.0 Å². The molecule has 1 aliphatic carbocycles. The van der Waals surface area contributed by atoms with Gasteiger partial charge in [-0.25, -0.2) is 0 Å². The van der Waals surface area contributed by atoms with E-state index < -0.39 is 5.97 Å². The fraction of sp³-hybridized carbons (Fsp3) is 0.600. The molecule has 0 spiro atoms. The second-order valence-corrected chi connectivity index (χ2v) is 7.56. The number of amides is 1. The molecule has 1 aliphatic rings. The van der Waals surface area contributed by atoms with Crippen molar-refractivity contribution in [2.75, 3.05) is 6.54 Å². The fourth-order valence-corrected chi connectivity index (χ4v) is 4.16. The minimum Gasteiger partial charge on any atom is -0.481 e. The van der Waals surface area contributed by atoms with Crippen LogP contribution >= 0.6 is 22.9 Å². The molecule has 0 radical (unpaired) electrons. The molecule has 2 rings (SSSR count). The number of carbonyl (C=O) groups excluding carboxylic acids is 1. The van der Waals surface area contributed by atoms with Crippen molar-refractivity contribution in [1.29, 1.82) is 0 Å². The van der Waals surface area contributed by atoms with Crippen LogP contribution in [0, 0.1) is 5.41 Å². The molecule has 1 aromatic rings. The quantitative estimate of drug-likeness (QED) is 0.804. The van der Waals surface area contributed by atoms with Crippen LogP contribution in [0.15, 0.2) is 12.1 Å². The van der Waals surface area contributed by atoms with Gasteiger partial charge in [-0.1, -0.05) is 24.4 Å². The Kier molecular flexibility index (Phi) is 5.65. The van der Waals surface area contributed by atoms with Crippen molar-refractivity contribution in [3.63, 3.8) is 0 Å². The Morgan fingerprint density at radius 3 is 2.57 bits per heavy atom. The van der Waals surface area contributed by atoms with Gasteiger partial charge in [0, 0.05) is 17.8 Å². The van der Waals surface area contributed by atoms with Crippen LogP contribution < -0.4 is 5.32 Å². The van der Waals surface area contributed by atoms with Gasteiger partial charge < -0.3 is 10.4 Å². The lowest BCUT2D eigenvalue weighted by Crippen LogP contribution is -2.33. The Hall–Kier alpha value is -1.07. The van der Waals surface area contributed by atoms with E-state index in [0.717, 1.165) is 41.3 Å². The van der Waals surface area contributed by atoms with Gasteiger partial charge in [0.1, 0.15) is 0 Å². The van der Waals surface area contributed by atoms with E-state index in [4.69, 9.17) is 16.7 Å². The van der Waals surface area contributed by atoms with Crippen molar-refractivity contribution >= 4 is 34.8 Å². The molecule has 0 aromatic carbocycles. The van der Waals surface area contributed by atoms with Gasteiger partial charge in [0.15, 0.2) is 0 Å². The highest BCUT2D eigenvalue weighted by atomic mass is 35.5. The molecule has 1 amide bonds. The molecule has 0 atom stereocenters. The Balaban J connectivity index is 1.78. The van der Waals surface area contributed by atoms with E-state index in [1.54, 1.807) is 0 Å². The molecule has 1 fully saturated rings. The summed E-state index contributed by atoms with van der Waals surface area (Å²) in [5.74, 6) is -0.848. The maximum absolute atomic E-state index is 12.1. The normalized spacial score (nSPS) is 16.8. The average molecular weight is 330 g/mol. The highest BCUT2D eigenvalue weighted by molar-refractivity contribution is 7.16. The van der Waals surface area contributed by atoms with Crippen molar-refractivity contribution in [2.45, 2.75) is 44.9 Å². The van der Waals surface area contributed by atoms with Crippen LogP contribution in [-0.4, -0.2) is 23.5 Å². The molecule has 1 heterocycles. The van der Waals surface area contributed by atoms with Gasteiger partial charge in [-0.05, 0) is 36.8 Å². The molecule has 1 aromatic heterocycles. The van der Waals surface area contributed by atoms with Crippen molar-refractivity contribution < 1.29 is 14.7 Å². The van der Waals surface area contributed by atoms with Gasteiger partial charge in [0.2, 0.25) is 5.91 Å². The van der Waals surface area contributed by atoms with Crippen molar-refractivity contribution in [2.24, 2.45) is 5.41 Å². The predicted octanol–water partition coefficient (Wildman–Crippen LogP) is 3.49. The summed E-state index contributed by atoms with van der Waals surface area (Å²) in [4.78, 5) is 24.2. The second kappa shape index (κ2) is 7.27. The zero-order valence-electron chi connectivity index (χ0n) is 11.9. The van der Waals surface area contributed by atoms with Crippen LogP contribution in [0.4, 0.5) is 0 Å². The topological polar surface area (TPSA) is 66.4 Å². The van der Waals surface area contributed by atoms with Crippen molar-refractivity contribution in [3.05, 3.63) is 21.3 Å². The maximum Gasteiger partial charge on any atom is 0.303 e. The van der Waals surface area contributed by atoms with Gasteiger partial charge in [-0.15, -0.1) is 11.3 Å². The summed E-state index contributed by atoms with van der Waals surface area (Å²) in [5.41, 5.74) is -0.331. The van der Waals surface area contributed by atoms with Crippen LogP contribution in [0.1, 0.15) is 43.4 Å². The van der Waals surface area contributed by atoms with Crippen LogP contribution in [0.3, 0.4) is 0 Å². The summed E-state index contributed by atoms with van der Waals surface area (Å²) in [6.07, 6.45) is 4.91. The number of hydrogen-bond acceptors (Lipinski definition) is 3. The summed E-state index contributed by atoms with van der Waals surface area (Å²) in [6.45, 7) is 0.568. The molecular weight excluding hydrogens is 310 g/mol. The molecule has 2 N–H and O–H groups in total. The van der Waals surface area contributed by atoms with Gasteiger partial charge in [-0.2, -0.15) is 0 Å². The summed E-state index contributed by atoms with van der Waals surface area (Å²) < 4.78 is 0.752. The number of halogens is 1. The summed E-state index contributed by atoms with van der Waals surface area (Å²) >= 11 is 7.37. The van der Waals surface area contributed by atoms with Crippen LogP contribution in [0.2, 0.25) is 4.34 Å². The molecule has 0 aliphatic heterocycles. The smallest absolute Gasteiger partial charge is 0.303 e. The second-order valence-electron chi connectivity index (χ2n) is 5.76. The zero-order valence-corrected chi connectivity index (χ0v) is 13.4. The third-order valence-corrected chi connectivity index (χ3v) is 5.34. The van der Waals surface area contributed by atoms with E-state index in [0.29, 0.717) is 13.0 Å². The lowest BCUT2D eigenvalue weighted by molar-refractivity contribution is -0.140. The number of hydrogen-bond donors (Lipinski definition) is 2. The van der Waals surface area contributed by atoms with E-state index >= 15 is 0 Å². The molecule has 0 saturated heterocycles. The molecule has 21 heavy (non-hydrogen) atoms. The molecule has 0 bridgehead atoms. The first-order valence-corrected chi connectivity index (χ1v) is 8.41. The summed E-state index contributed by atoms with van der Waals surface area (Å²) in [6, 6.07) is 3.81. The number of nitrogens with one attached hydrogen (secondary N) is 1. The Bertz CT molecular complexity index is 509. The number of carboxylic acids is 1. The summed E-state index contributed by atoms with van der Waals surface area (Å²) in [5, 5.41) is 11.9. The molecule has 0 unspecified atom stereocenters. The van der Waals surface area contributed by atoms with E-state index in [-0.39, 0.29) is 17.7 Å². The lowest BCUT2D eigenvalue weighted by Gasteiger charge is -2.26. The maximum atomic E-state index is 12.1. The molecule has 116 valence electrons. The number of aliphatic carboxylic acids is 1. The minimum absolute atomic E-state index is 0.0409. The first-order chi connectivity index (χ1) is 9.99. The average Bonchev–Trinajstić information content (AvgIpc) is 2.98. The highest BCUT2D eigenvalue weighted by Crippen LogP contribution is 2.43. The number of rotatable bonds is 7. The van der Waals surface area contributed by atoms with Gasteiger partial charge in [-0.3, -0.25) is 9.59 Å². The number of thiophene rings is 1. The van der Waals surface area contributed by atoms with Crippen LogP contribution in [0.25, 0.3) is 0 Å². The molecule has 4 nitrogen and oxygen atoms in total. The lowest BCUT2D eigenvalue weighted by atomic mass is 9.79. The Labute approximate surface area is 133 Å². The van der Waals surface area contributed by atoms with E-state index in [1.807, 2.05) is 12.1 Å². The van der Waals surface area contributed by atoms with E-state index in [1.165, 1.54) is 11.3 Å². The van der Waals surface area contributed by atoms with Crippen LogP contribution in [0.5, 0.6) is 0 Å². The number of carboxylic acid groups (broad SMARTS) is 1. The Morgan fingerprint density at radius 2 is 2.00 bits per heavy atom. The molecule has 1 saturated carbocycles. The van der Waals surface area contributed by atoms with Gasteiger partial charge in [0.25, 0.3) is 0 Å². The van der Waals surface area contributed by atoms with Crippen molar-refractivity contribution in [1.82, 2.24) is 5.32 Å². The minimum atomic E-state index is -0.807. The summed E-state index contributed by atoms with van der Waals surface area (Å²) in [7, 11) is 0. The Morgan fingerprint density at radius 1 is 1.29 bits per heavy atom. The highest BCUT2D eigenvalue weighted by Gasteiger charge is 2.37. The van der Waals surface area contributed by atoms with E-state index in [9.17, 15) is 9.59 Å². The first kappa shape index (κ1) is 16.3. The predicted molar refractivity (Wildman–Crippen MR) is 83.8 cm³/mol. The zero-order chi connectivity index (χ0) is 15.3. The molecule has 6 heteroatoms. The largest absolute Gasteiger partial charge is 0.481 e. The van der Waals surface area contributed by atoms with Gasteiger partial charge in [0.05, 0.1) is 10.8 Å². The SMILES string of the molecule is O=C(O)CC1(CC(=O)NCCc2ccc(Cl)s2)CCCC1. The third-order valence-electron chi connectivity index (χ3n) is 4.05. The fourth-order valence-electron chi connectivity index (χ4n) is 3.08. The number of carbonyl (C=O) groups is 2. The molecular formula is C15H20ClNO3S. The van der Waals surface area contributed by atoms with E-state index in [2.05, 4.69) is 5.32 Å². The van der Waals surface area contributed by atoms with Crippen molar-refractivity contribution in [3.8, 4) is 0 Å². The third kappa shape index (κ3) is 5.00. The first-order valence-electron chi connectivity index (χ1n) is 7.22. The van der Waals surface area contributed by atoms with Gasteiger partial charge >= 0.3 is 5.97 Å². The monoisotopic (exact) mass is 329 g/mol. The standard InChI is InChI=1S/C15H20ClNO3S/c16-12-4-3-11(21-12)5-8-17-13(18)9-15(10-14(19)20)6-1-2-7-15/h3-4H,1-2,5-10H2,(H,17,18)(H,19,20).